The van der Waals surface area contributed by atoms with Gasteiger partial charge in [0.05, 0.1) is 0 Å². The molecule has 15 heavy (non-hydrogen) atoms. The van der Waals surface area contributed by atoms with Crippen LogP contribution in [0.5, 0.6) is 0 Å². The van der Waals surface area contributed by atoms with Gasteiger partial charge in [0.2, 0.25) is 0 Å². The molecule has 74 valence electrons. The minimum atomic E-state index is -0.649. The van der Waals surface area contributed by atoms with Crippen molar-refractivity contribution >= 4 is 17.1 Å². The molecular weight excluding hydrogens is 194 g/mol. The number of oxazole rings is 1. The van der Waals surface area contributed by atoms with Crippen molar-refractivity contribution in [2.24, 2.45) is 0 Å². The minimum absolute atomic E-state index is 0.0774. The zero-order valence-corrected chi connectivity index (χ0v) is 7.77. The maximum Gasteiger partial charge on any atom is 0.395 e. The standard InChI is InChI=1S/C11H7NO3/c1-2-7-14-11(13)10-12-8-5-3-4-6-9(8)15-10/h1,3-6H,7H2. The summed E-state index contributed by atoms with van der Waals surface area (Å²) in [5.74, 6) is 1.46. The van der Waals surface area contributed by atoms with E-state index in [4.69, 9.17) is 10.8 Å². The average molecular weight is 201 g/mol. The predicted octanol–water partition coefficient (Wildman–Crippen LogP) is 1.62. The summed E-state index contributed by atoms with van der Waals surface area (Å²) >= 11 is 0. The molecule has 0 aliphatic carbocycles. The van der Waals surface area contributed by atoms with E-state index in [1.165, 1.54) is 0 Å². The van der Waals surface area contributed by atoms with Crippen LogP contribution in [-0.4, -0.2) is 17.6 Å². The Morgan fingerprint density at radius 3 is 3.07 bits per heavy atom. The molecule has 4 nitrogen and oxygen atoms in total. The Morgan fingerprint density at radius 1 is 1.53 bits per heavy atom. The zero-order chi connectivity index (χ0) is 10.7. The van der Waals surface area contributed by atoms with Crippen LogP contribution in [0.4, 0.5) is 0 Å². The quantitative estimate of drug-likeness (QED) is 0.547. The van der Waals surface area contributed by atoms with Gasteiger partial charge in [-0.1, -0.05) is 18.1 Å². The molecule has 1 heterocycles. The van der Waals surface area contributed by atoms with Gasteiger partial charge in [-0.2, -0.15) is 0 Å². The number of fused-ring (bicyclic) bond motifs is 1. The number of hydrogen-bond acceptors (Lipinski definition) is 4. The number of hydrogen-bond donors (Lipinski definition) is 0. The molecule has 1 aromatic heterocycles. The van der Waals surface area contributed by atoms with Crippen LogP contribution in [0, 0.1) is 12.3 Å². The highest BCUT2D eigenvalue weighted by Gasteiger charge is 2.14. The molecule has 0 spiro atoms. The fourth-order valence-electron chi connectivity index (χ4n) is 1.13. The van der Waals surface area contributed by atoms with Gasteiger partial charge in [-0.25, -0.2) is 9.78 Å². The highest BCUT2D eigenvalue weighted by atomic mass is 16.5. The smallest absolute Gasteiger partial charge is 0.395 e. The third-order valence-electron chi connectivity index (χ3n) is 1.76. The lowest BCUT2D eigenvalue weighted by molar-refractivity contribution is 0.0514. The third-order valence-corrected chi connectivity index (χ3v) is 1.76. The monoisotopic (exact) mass is 201 g/mol. The summed E-state index contributed by atoms with van der Waals surface area (Å²) < 4.78 is 9.85. The van der Waals surface area contributed by atoms with Crippen LogP contribution in [0.3, 0.4) is 0 Å². The molecule has 1 aromatic carbocycles. The second kappa shape index (κ2) is 3.84. The topological polar surface area (TPSA) is 52.3 Å². The molecule has 0 unspecified atom stereocenters. The number of ether oxygens (including phenoxy) is 1. The molecule has 0 N–H and O–H groups in total. The first kappa shape index (κ1) is 9.28. The van der Waals surface area contributed by atoms with Crippen LogP contribution >= 0.6 is 0 Å². The first-order chi connectivity index (χ1) is 7.31. The van der Waals surface area contributed by atoms with Crippen LogP contribution in [0.1, 0.15) is 10.7 Å². The van der Waals surface area contributed by atoms with Crippen LogP contribution in [0.15, 0.2) is 28.7 Å². The van der Waals surface area contributed by atoms with Crippen molar-refractivity contribution in [3.63, 3.8) is 0 Å². The Hall–Kier alpha value is -2.28. The molecule has 2 rings (SSSR count). The largest absolute Gasteiger partial charge is 0.445 e. The van der Waals surface area contributed by atoms with Crippen molar-refractivity contribution in [1.29, 1.82) is 0 Å². The van der Waals surface area contributed by atoms with E-state index in [-0.39, 0.29) is 12.5 Å². The summed E-state index contributed by atoms with van der Waals surface area (Å²) in [7, 11) is 0. The van der Waals surface area contributed by atoms with Gasteiger partial charge in [0, 0.05) is 0 Å². The second-order valence-electron chi connectivity index (χ2n) is 2.77. The van der Waals surface area contributed by atoms with Gasteiger partial charge in [0.15, 0.2) is 12.2 Å². The molecule has 0 bridgehead atoms. The van der Waals surface area contributed by atoms with Gasteiger partial charge >= 0.3 is 11.9 Å². The van der Waals surface area contributed by atoms with Crippen LogP contribution in [-0.2, 0) is 4.74 Å². The number of esters is 1. The fourth-order valence-corrected chi connectivity index (χ4v) is 1.13. The van der Waals surface area contributed by atoms with E-state index >= 15 is 0 Å². The lowest BCUT2D eigenvalue weighted by Crippen LogP contribution is -2.05. The lowest BCUT2D eigenvalue weighted by atomic mass is 10.3. The van der Waals surface area contributed by atoms with Crippen molar-refractivity contribution in [1.82, 2.24) is 4.98 Å². The van der Waals surface area contributed by atoms with Crippen LogP contribution in [0.2, 0.25) is 0 Å². The Labute approximate surface area is 85.9 Å². The number of benzene rings is 1. The molecule has 4 heteroatoms. The summed E-state index contributed by atoms with van der Waals surface area (Å²) in [6, 6.07) is 7.07. The third kappa shape index (κ3) is 1.81. The van der Waals surface area contributed by atoms with Crippen LogP contribution < -0.4 is 0 Å². The van der Waals surface area contributed by atoms with Crippen molar-refractivity contribution in [3.8, 4) is 12.3 Å². The number of terminal acetylenes is 1. The Bertz CT molecular complexity index is 503. The number of nitrogens with zero attached hydrogens (tertiary/aromatic N) is 1. The van der Waals surface area contributed by atoms with Gasteiger partial charge in [-0.05, 0) is 12.1 Å². The van der Waals surface area contributed by atoms with Gasteiger partial charge in [-0.3, -0.25) is 0 Å². The first-order valence-electron chi connectivity index (χ1n) is 4.27. The second-order valence-corrected chi connectivity index (χ2v) is 2.77. The molecule has 2 aromatic rings. The van der Waals surface area contributed by atoms with Crippen molar-refractivity contribution in [3.05, 3.63) is 30.2 Å². The molecule has 0 amide bonds. The van der Waals surface area contributed by atoms with Gasteiger partial charge in [0.1, 0.15) is 5.52 Å². The zero-order valence-electron chi connectivity index (χ0n) is 7.77. The van der Waals surface area contributed by atoms with E-state index in [9.17, 15) is 4.79 Å². The van der Waals surface area contributed by atoms with Gasteiger partial charge in [0.25, 0.3) is 0 Å². The Kier molecular flexibility index (Phi) is 2.38. The number of carbonyl (C=O) groups excluding carboxylic acids is 1. The minimum Gasteiger partial charge on any atom is -0.445 e. The molecule has 0 aliphatic rings. The SMILES string of the molecule is C#CCOC(=O)c1nc2ccccc2o1. The first-order valence-corrected chi connectivity index (χ1v) is 4.27. The molecule has 0 radical (unpaired) electrons. The molecule has 0 saturated carbocycles. The van der Waals surface area contributed by atoms with Crippen molar-refractivity contribution < 1.29 is 13.9 Å². The van der Waals surface area contributed by atoms with Gasteiger partial charge < -0.3 is 9.15 Å². The predicted molar refractivity (Wildman–Crippen MR) is 53.1 cm³/mol. The van der Waals surface area contributed by atoms with Crippen molar-refractivity contribution in [2.75, 3.05) is 6.61 Å². The lowest BCUT2D eigenvalue weighted by Gasteiger charge is -1.93. The number of para-hydroxylation sites is 2. The normalized spacial score (nSPS) is 9.80. The van der Waals surface area contributed by atoms with E-state index < -0.39 is 5.97 Å². The Morgan fingerprint density at radius 2 is 2.33 bits per heavy atom. The summed E-state index contributed by atoms with van der Waals surface area (Å²) in [4.78, 5) is 15.3. The summed E-state index contributed by atoms with van der Waals surface area (Å²) in [6.07, 6.45) is 4.95. The molecule has 0 saturated heterocycles. The number of aromatic nitrogens is 1. The number of carbonyl (C=O) groups is 1. The maximum absolute atomic E-state index is 11.3. The summed E-state index contributed by atoms with van der Waals surface area (Å²) in [5.41, 5.74) is 1.16. The molecule has 0 aliphatic heterocycles. The highest BCUT2D eigenvalue weighted by Crippen LogP contribution is 2.14. The average Bonchev–Trinajstić information content (AvgIpc) is 2.69. The van der Waals surface area contributed by atoms with E-state index in [1.54, 1.807) is 24.3 Å². The Balaban J connectivity index is 2.29. The van der Waals surface area contributed by atoms with E-state index in [0.717, 1.165) is 0 Å². The van der Waals surface area contributed by atoms with Crippen molar-refractivity contribution in [2.45, 2.75) is 0 Å². The summed E-state index contributed by atoms with van der Waals surface area (Å²) in [6.45, 7) is -0.0858. The summed E-state index contributed by atoms with van der Waals surface area (Å²) in [5, 5.41) is 0. The van der Waals surface area contributed by atoms with E-state index in [1.807, 2.05) is 0 Å². The fraction of sp³-hybridized carbons (Fsp3) is 0.0909. The molecule has 0 atom stereocenters. The van der Waals surface area contributed by atoms with Gasteiger partial charge in [-0.15, -0.1) is 6.42 Å². The molecule has 0 fully saturated rings. The highest BCUT2D eigenvalue weighted by molar-refractivity contribution is 5.88. The number of rotatable bonds is 2. The van der Waals surface area contributed by atoms with E-state index in [2.05, 4.69) is 15.6 Å². The molecular formula is C11H7NO3. The maximum atomic E-state index is 11.3. The van der Waals surface area contributed by atoms with E-state index in [0.29, 0.717) is 11.1 Å². The van der Waals surface area contributed by atoms with Crippen LogP contribution in [0.25, 0.3) is 11.1 Å².